The molecule has 0 aliphatic carbocycles. The number of hydrogen-bond acceptors (Lipinski definition) is 4. The quantitative estimate of drug-likeness (QED) is 0.604. The van der Waals surface area contributed by atoms with Crippen LogP contribution in [0.15, 0.2) is 18.2 Å². The monoisotopic (exact) mass is 249 g/mol. The molecule has 2 N–H and O–H groups in total. The third-order valence-electron chi connectivity index (χ3n) is 2.60. The van der Waals surface area contributed by atoms with E-state index in [0.29, 0.717) is 11.4 Å². The van der Waals surface area contributed by atoms with Crippen molar-refractivity contribution in [1.29, 1.82) is 0 Å². The number of carbonyl (C=O) groups excluding carboxylic acids is 2. The molecule has 0 bridgehead atoms. The molecule has 0 radical (unpaired) electrons. The van der Waals surface area contributed by atoms with E-state index >= 15 is 0 Å². The number of ether oxygens (including phenoxy) is 1. The molecule has 6 nitrogen and oxygen atoms in total. The Balaban J connectivity index is 2.41. The van der Waals surface area contributed by atoms with E-state index in [4.69, 9.17) is 9.84 Å². The smallest absolute Gasteiger partial charge is 0.377 e. The number of hydrogen-bond donors (Lipinski definition) is 2. The molecule has 1 aromatic rings. The molecule has 2 rings (SSSR count). The first-order valence-electron chi connectivity index (χ1n) is 5.23. The summed E-state index contributed by atoms with van der Waals surface area (Å²) in [6.45, 7) is 3.23. The molecule has 1 amide bonds. The number of carboxylic acids is 1. The SMILES string of the molecule is CC1(C)Oc2ccc(C(=O)C(=O)O)cc2NC1=O. The van der Waals surface area contributed by atoms with Gasteiger partial charge in [-0.15, -0.1) is 0 Å². The first-order valence-corrected chi connectivity index (χ1v) is 5.23. The molecule has 94 valence electrons. The van der Waals surface area contributed by atoms with Crippen molar-refractivity contribution >= 4 is 23.3 Å². The van der Waals surface area contributed by atoms with Gasteiger partial charge in [0.05, 0.1) is 5.69 Å². The van der Waals surface area contributed by atoms with Gasteiger partial charge in [-0.2, -0.15) is 0 Å². The van der Waals surface area contributed by atoms with Crippen LogP contribution in [-0.4, -0.2) is 28.4 Å². The summed E-state index contributed by atoms with van der Waals surface area (Å²) in [5, 5.41) is 11.2. The summed E-state index contributed by atoms with van der Waals surface area (Å²) in [6.07, 6.45) is 0. The van der Waals surface area contributed by atoms with Gasteiger partial charge < -0.3 is 15.2 Å². The summed E-state index contributed by atoms with van der Waals surface area (Å²) in [4.78, 5) is 33.5. The van der Waals surface area contributed by atoms with E-state index in [1.165, 1.54) is 18.2 Å². The summed E-state index contributed by atoms with van der Waals surface area (Å²) in [6, 6.07) is 4.11. The Bertz CT molecular complexity index is 562. The van der Waals surface area contributed by atoms with Crippen molar-refractivity contribution in [2.24, 2.45) is 0 Å². The third-order valence-corrected chi connectivity index (χ3v) is 2.60. The summed E-state index contributed by atoms with van der Waals surface area (Å²) in [7, 11) is 0. The number of fused-ring (bicyclic) bond motifs is 1. The number of aliphatic carboxylic acids is 1. The molecule has 1 aromatic carbocycles. The summed E-state index contributed by atoms with van der Waals surface area (Å²) < 4.78 is 5.46. The number of ketones is 1. The number of rotatable bonds is 2. The molecular formula is C12H11NO5. The Morgan fingerprint density at radius 3 is 2.61 bits per heavy atom. The van der Waals surface area contributed by atoms with E-state index in [-0.39, 0.29) is 11.5 Å². The van der Waals surface area contributed by atoms with Crippen LogP contribution in [0, 0.1) is 0 Å². The molecule has 1 aliphatic heterocycles. The number of amides is 1. The van der Waals surface area contributed by atoms with Gasteiger partial charge in [0.25, 0.3) is 11.7 Å². The number of benzene rings is 1. The van der Waals surface area contributed by atoms with Gasteiger partial charge >= 0.3 is 5.97 Å². The second-order valence-electron chi connectivity index (χ2n) is 4.41. The van der Waals surface area contributed by atoms with Crippen LogP contribution in [-0.2, 0) is 9.59 Å². The molecule has 6 heteroatoms. The largest absolute Gasteiger partial charge is 0.476 e. The fraction of sp³-hybridized carbons (Fsp3) is 0.250. The molecule has 0 spiro atoms. The first kappa shape index (κ1) is 12.1. The number of carboxylic acid groups (broad SMARTS) is 1. The van der Waals surface area contributed by atoms with Crippen LogP contribution in [0.5, 0.6) is 5.75 Å². The van der Waals surface area contributed by atoms with Gasteiger partial charge in [-0.1, -0.05) is 0 Å². The highest BCUT2D eigenvalue weighted by atomic mass is 16.5. The lowest BCUT2D eigenvalue weighted by Crippen LogP contribution is -2.45. The predicted octanol–water partition coefficient (Wildman–Crippen LogP) is 1.06. The fourth-order valence-electron chi connectivity index (χ4n) is 1.58. The Labute approximate surface area is 103 Å². The van der Waals surface area contributed by atoms with Gasteiger partial charge in [-0.25, -0.2) is 4.79 Å². The zero-order valence-electron chi connectivity index (χ0n) is 9.81. The highest BCUT2D eigenvalue weighted by molar-refractivity contribution is 6.40. The van der Waals surface area contributed by atoms with Crippen LogP contribution in [0.3, 0.4) is 0 Å². The minimum absolute atomic E-state index is 0.00939. The van der Waals surface area contributed by atoms with Crippen LogP contribution in [0.1, 0.15) is 24.2 Å². The summed E-state index contributed by atoms with van der Waals surface area (Å²) >= 11 is 0. The Morgan fingerprint density at radius 2 is 2.00 bits per heavy atom. The second-order valence-corrected chi connectivity index (χ2v) is 4.41. The normalized spacial score (nSPS) is 16.2. The average molecular weight is 249 g/mol. The minimum Gasteiger partial charge on any atom is -0.476 e. The topological polar surface area (TPSA) is 92.7 Å². The van der Waals surface area contributed by atoms with Crippen LogP contribution >= 0.6 is 0 Å². The molecule has 0 atom stereocenters. The maximum atomic E-state index is 11.7. The summed E-state index contributed by atoms with van der Waals surface area (Å²) in [5.41, 5.74) is -0.706. The molecule has 0 saturated carbocycles. The predicted molar refractivity (Wildman–Crippen MR) is 61.7 cm³/mol. The zero-order valence-corrected chi connectivity index (χ0v) is 9.81. The minimum atomic E-state index is -1.54. The number of nitrogens with one attached hydrogen (secondary N) is 1. The van der Waals surface area contributed by atoms with Crippen LogP contribution in [0.2, 0.25) is 0 Å². The molecule has 0 unspecified atom stereocenters. The van der Waals surface area contributed by atoms with Crippen molar-refractivity contribution in [2.75, 3.05) is 5.32 Å². The van der Waals surface area contributed by atoms with Gasteiger partial charge in [0.1, 0.15) is 5.75 Å². The number of Topliss-reactive ketones (excluding diaryl/α,β-unsaturated/α-hetero) is 1. The molecule has 0 aromatic heterocycles. The molecule has 0 fully saturated rings. The van der Waals surface area contributed by atoms with E-state index in [2.05, 4.69) is 5.32 Å². The van der Waals surface area contributed by atoms with Gasteiger partial charge in [-0.05, 0) is 32.0 Å². The van der Waals surface area contributed by atoms with E-state index in [1.807, 2.05) is 0 Å². The van der Waals surface area contributed by atoms with E-state index < -0.39 is 17.4 Å². The van der Waals surface area contributed by atoms with Crippen molar-refractivity contribution in [3.63, 3.8) is 0 Å². The Kier molecular flexibility index (Phi) is 2.58. The molecule has 0 saturated heterocycles. The Morgan fingerprint density at radius 1 is 1.33 bits per heavy atom. The molecular weight excluding hydrogens is 238 g/mol. The Hall–Kier alpha value is -2.37. The maximum absolute atomic E-state index is 11.7. The van der Waals surface area contributed by atoms with E-state index in [9.17, 15) is 14.4 Å². The van der Waals surface area contributed by atoms with Crippen molar-refractivity contribution in [2.45, 2.75) is 19.4 Å². The van der Waals surface area contributed by atoms with Gasteiger partial charge in [0.2, 0.25) is 0 Å². The fourth-order valence-corrected chi connectivity index (χ4v) is 1.58. The highest BCUT2D eigenvalue weighted by Crippen LogP contribution is 2.34. The first-order chi connectivity index (χ1) is 8.31. The van der Waals surface area contributed by atoms with Crippen molar-refractivity contribution in [1.82, 2.24) is 0 Å². The molecule has 18 heavy (non-hydrogen) atoms. The van der Waals surface area contributed by atoms with Gasteiger partial charge in [0.15, 0.2) is 5.60 Å². The standard InChI is InChI=1S/C12H11NO5/c1-12(2)11(17)13-7-5-6(9(14)10(15)16)3-4-8(7)18-12/h3-5H,1-2H3,(H,13,17)(H,15,16). The van der Waals surface area contributed by atoms with Crippen LogP contribution in [0.4, 0.5) is 5.69 Å². The van der Waals surface area contributed by atoms with Crippen molar-refractivity contribution in [3.8, 4) is 5.75 Å². The number of carbonyl (C=O) groups is 3. The second kappa shape index (κ2) is 3.83. The number of anilines is 1. The molecule has 1 aliphatic rings. The lowest BCUT2D eigenvalue weighted by atomic mass is 10.0. The lowest BCUT2D eigenvalue weighted by Gasteiger charge is -2.31. The van der Waals surface area contributed by atoms with Gasteiger partial charge in [-0.3, -0.25) is 9.59 Å². The third kappa shape index (κ3) is 1.92. The lowest BCUT2D eigenvalue weighted by molar-refractivity contribution is -0.131. The van der Waals surface area contributed by atoms with E-state index in [1.54, 1.807) is 13.8 Å². The average Bonchev–Trinajstić information content (AvgIpc) is 2.28. The van der Waals surface area contributed by atoms with Gasteiger partial charge in [0, 0.05) is 5.56 Å². The highest BCUT2D eigenvalue weighted by Gasteiger charge is 2.35. The van der Waals surface area contributed by atoms with Crippen molar-refractivity contribution < 1.29 is 24.2 Å². The zero-order chi connectivity index (χ0) is 13.5. The molecule has 1 heterocycles. The van der Waals surface area contributed by atoms with Crippen molar-refractivity contribution in [3.05, 3.63) is 23.8 Å². The van der Waals surface area contributed by atoms with Crippen LogP contribution < -0.4 is 10.1 Å². The summed E-state index contributed by atoms with van der Waals surface area (Å²) in [5.74, 6) is -2.52. The van der Waals surface area contributed by atoms with Crippen LogP contribution in [0.25, 0.3) is 0 Å². The van der Waals surface area contributed by atoms with E-state index in [0.717, 1.165) is 0 Å². The maximum Gasteiger partial charge on any atom is 0.377 e.